The summed E-state index contributed by atoms with van der Waals surface area (Å²) in [4.78, 5) is 11.0. The molecule has 2 N–H and O–H groups in total. The molecule has 3 nitrogen and oxygen atoms in total. The third kappa shape index (κ3) is 5.45. The lowest BCUT2D eigenvalue weighted by Crippen LogP contribution is -2.07. The van der Waals surface area contributed by atoms with Gasteiger partial charge in [0.25, 0.3) is 0 Å². The van der Waals surface area contributed by atoms with Gasteiger partial charge in [-0.3, -0.25) is 0 Å². The fraction of sp³-hybridized carbons (Fsp3) is 0.500. The van der Waals surface area contributed by atoms with Crippen molar-refractivity contribution in [3.63, 3.8) is 0 Å². The Morgan fingerprint density at radius 3 is 2.67 bits per heavy atom. The molecule has 0 spiro atoms. The van der Waals surface area contributed by atoms with Crippen LogP contribution in [0.1, 0.15) is 36.0 Å². The van der Waals surface area contributed by atoms with Crippen molar-refractivity contribution in [2.24, 2.45) is 0 Å². The molecular formula is C14H21NO2S. The highest BCUT2D eigenvalue weighted by Gasteiger charge is 2.07. The Morgan fingerprint density at radius 1 is 1.22 bits per heavy atom. The van der Waals surface area contributed by atoms with Gasteiger partial charge in [0.15, 0.2) is 0 Å². The summed E-state index contributed by atoms with van der Waals surface area (Å²) >= 11 is 1.89. The molecule has 0 saturated carbocycles. The number of aromatic carboxylic acids is 1. The number of benzene rings is 1. The van der Waals surface area contributed by atoms with Crippen molar-refractivity contribution in [3.05, 3.63) is 29.8 Å². The van der Waals surface area contributed by atoms with Crippen molar-refractivity contribution in [1.29, 1.82) is 0 Å². The Hall–Kier alpha value is -1.16. The molecule has 0 radical (unpaired) electrons. The summed E-state index contributed by atoms with van der Waals surface area (Å²) in [5, 5.41) is 12.2. The number of carboxylic acids is 1. The van der Waals surface area contributed by atoms with Crippen molar-refractivity contribution in [1.82, 2.24) is 0 Å². The summed E-state index contributed by atoms with van der Waals surface area (Å²) in [6.45, 7) is 0.837. The highest BCUT2D eigenvalue weighted by atomic mass is 32.2. The number of carboxylic acid groups (broad SMARTS) is 1. The van der Waals surface area contributed by atoms with Gasteiger partial charge >= 0.3 is 5.97 Å². The van der Waals surface area contributed by atoms with Gasteiger partial charge in [-0.15, -0.1) is 0 Å². The molecule has 100 valence electrons. The van der Waals surface area contributed by atoms with Crippen LogP contribution in [0.5, 0.6) is 0 Å². The van der Waals surface area contributed by atoms with Crippen molar-refractivity contribution >= 4 is 23.4 Å². The first-order valence-corrected chi connectivity index (χ1v) is 7.70. The molecule has 0 atom stereocenters. The Labute approximate surface area is 113 Å². The first-order chi connectivity index (χ1) is 8.75. The van der Waals surface area contributed by atoms with Crippen LogP contribution in [0.3, 0.4) is 0 Å². The fourth-order valence-corrected chi connectivity index (χ4v) is 2.26. The maximum Gasteiger partial charge on any atom is 0.337 e. The zero-order valence-corrected chi connectivity index (χ0v) is 11.6. The van der Waals surface area contributed by atoms with Gasteiger partial charge in [-0.2, -0.15) is 11.8 Å². The van der Waals surface area contributed by atoms with Crippen LogP contribution in [0.15, 0.2) is 24.3 Å². The van der Waals surface area contributed by atoms with E-state index in [1.807, 2.05) is 23.9 Å². The second-order valence-electron chi connectivity index (χ2n) is 4.18. The summed E-state index contributed by atoms with van der Waals surface area (Å²) in [7, 11) is 0. The quantitative estimate of drug-likeness (QED) is 0.669. The van der Waals surface area contributed by atoms with Crippen LogP contribution in [0.4, 0.5) is 5.69 Å². The maximum atomic E-state index is 11.0. The van der Waals surface area contributed by atoms with Crippen LogP contribution >= 0.6 is 11.8 Å². The zero-order valence-electron chi connectivity index (χ0n) is 10.8. The predicted molar refractivity (Wildman–Crippen MR) is 78.7 cm³/mol. The minimum atomic E-state index is -0.877. The van der Waals surface area contributed by atoms with Gasteiger partial charge < -0.3 is 10.4 Å². The number of hydrogen-bond acceptors (Lipinski definition) is 3. The number of para-hydroxylation sites is 1. The van der Waals surface area contributed by atoms with Crippen molar-refractivity contribution in [2.45, 2.75) is 25.7 Å². The van der Waals surface area contributed by atoms with E-state index in [0.29, 0.717) is 11.3 Å². The molecule has 0 saturated heterocycles. The number of thioether (sulfide) groups is 1. The molecule has 0 aliphatic carbocycles. The molecule has 1 rings (SSSR count). The molecule has 4 heteroatoms. The Morgan fingerprint density at radius 2 is 1.94 bits per heavy atom. The second-order valence-corrected chi connectivity index (χ2v) is 5.17. The number of unbranched alkanes of at least 4 members (excludes halogenated alkanes) is 3. The van der Waals surface area contributed by atoms with Gasteiger partial charge in [0.1, 0.15) is 0 Å². The Kier molecular flexibility index (Phi) is 7.34. The lowest BCUT2D eigenvalue weighted by molar-refractivity contribution is 0.0698. The molecule has 0 aliphatic heterocycles. The first-order valence-electron chi connectivity index (χ1n) is 6.31. The molecule has 0 heterocycles. The summed E-state index contributed by atoms with van der Waals surface area (Å²) in [5.41, 5.74) is 1.06. The van der Waals surface area contributed by atoms with Gasteiger partial charge in [0.2, 0.25) is 0 Å². The number of nitrogens with one attached hydrogen (secondary N) is 1. The molecule has 0 bridgehead atoms. The van der Waals surface area contributed by atoms with Crippen LogP contribution in [0.2, 0.25) is 0 Å². The van der Waals surface area contributed by atoms with Crippen molar-refractivity contribution < 1.29 is 9.90 Å². The van der Waals surface area contributed by atoms with E-state index in [1.165, 1.54) is 25.0 Å². The number of hydrogen-bond donors (Lipinski definition) is 2. The van der Waals surface area contributed by atoms with Crippen LogP contribution in [0, 0.1) is 0 Å². The SMILES string of the molecule is CSCCCCCCNc1ccccc1C(=O)O. The number of rotatable bonds is 9. The summed E-state index contributed by atoms with van der Waals surface area (Å²) < 4.78 is 0. The van der Waals surface area contributed by atoms with E-state index >= 15 is 0 Å². The summed E-state index contributed by atoms with van der Waals surface area (Å²) in [6, 6.07) is 7.05. The number of anilines is 1. The average molecular weight is 267 g/mol. The molecule has 1 aromatic rings. The normalized spacial score (nSPS) is 10.3. The Bertz CT molecular complexity index is 369. The smallest absolute Gasteiger partial charge is 0.337 e. The van der Waals surface area contributed by atoms with E-state index in [4.69, 9.17) is 5.11 Å². The van der Waals surface area contributed by atoms with Gasteiger partial charge in [0.05, 0.1) is 5.56 Å². The summed E-state index contributed by atoms with van der Waals surface area (Å²) in [5.74, 6) is 0.355. The molecule has 0 amide bonds. The van der Waals surface area contributed by atoms with Gasteiger partial charge in [-0.25, -0.2) is 4.79 Å². The van der Waals surface area contributed by atoms with Crippen LogP contribution in [0.25, 0.3) is 0 Å². The highest BCUT2D eigenvalue weighted by molar-refractivity contribution is 7.98. The minimum absolute atomic E-state index is 0.347. The van der Waals surface area contributed by atoms with E-state index < -0.39 is 5.97 Å². The van der Waals surface area contributed by atoms with Crippen molar-refractivity contribution in [3.8, 4) is 0 Å². The molecule has 0 aliphatic rings. The molecule has 18 heavy (non-hydrogen) atoms. The molecule has 0 aromatic heterocycles. The topological polar surface area (TPSA) is 49.3 Å². The van der Waals surface area contributed by atoms with Crippen LogP contribution in [-0.4, -0.2) is 29.6 Å². The largest absolute Gasteiger partial charge is 0.478 e. The lowest BCUT2D eigenvalue weighted by atomic mass is 10.1. The highest BCUT2D eigenvalue weighted by Crippen LogP contribution is 2.15. The average Bonchev–Trinajstić information content (AvgIpc) is 2.38. The minimum Gasteiger partial charge on any atom is -0.478 e. The molecular weight excluding hydrogens is 246 g/mol. The maximum absolute atomic E-state index is 11.0. The van der Waals surface area contributed by atoms with Crippen LogP contribution < -0.4 is 5.32 Å². The third-order valence-electron chi connectivity index (χ3n) is 2.75. The fourth-order valence-electron chi connectivity index (χ4n) is 1.77. The van der Waals surface area contributed by atoms with E-state index in [9.17, 15) is 4.79 Å². The predicted octanol–water partition coefficient (Wildman–Crippen LogP) is 3.72. The zero-order chi connectivity index (χ0) is 13.2. The van der Waals surface area contributed by atoms with E-state index in [1.54, 1.807) is 12.1 Å². The third-order valence-corrected chi connectivity index (χ3v) is 3.45. The van der Waals surface area contributed by atoms with Gasteiger partial charge in [0, 0.05) is 12.2 Å². The van der Waals surface area contributed by atoms with Crippen LogP contribution in [-0.2, 0) is 0 Å². The molecule has 0 fully saturated rings. The van der Waals surface area contributed by atoms with Gasteiger partial charge in [-0.05, 0) is 37.0 Å². The first kappa shape index (κ1) is 14.9. The standard InChI is InChI=1S/C14H21NO2S/c1-18-11-7-3-2-6-10-15-13-9-5-4-8-12(13)14(16)17/h4-5,8-9,15H,2-3,6-7,10-11H2,1H3,(H,16,17). The lowest BCUT2D eigenvalue weighted by Gasteiger charge is -2.09. The summed E-state index contributed by atoms with van der Waals surface area (Å²) in [6.07, 6.45) is 6.94. The monoisotopic (exact) mass is 267 g/mol. The second kappa shape index (κ2) is 8.86. The van der Waals surface area contributed by atoms with E-state index in [0.717, 1.165) is 13.0 Å². The van der Waals surface area contributed by atoms with E-state index in [-0.39, 0.29) is 0 Å². The Balaban J connectivity index is 2.25. The van der Waals surface area contributed by atoms with E-state index in [2.05, 4.69) is 11.6 Å². The number of carbonyl (C=O) groups is 1. The van der Waals surface area contributed by atoms with Crippen molar-refractivity contribution in [2.75, 3.05) is 23.9 Å². The molecule has 0 unspecified atom stereocenters. The molecule has 1 aromatic carbocycles. The van der Waals surface area contributed by atoms with Gasteiger partial charge in [-0.1, -0.05) is 25.0 Å².